The molecular weight excluding hydrogens is 448 g/mol. The summed E-state index contributed by atoms with van der Waals surface area (Å²) in [5.74, 6) is -0.724. The Morgan fingerprint density at radius 1 is 0.943 bits per heavy atom. The molecule has 2 aromatic rings. The molecule has 0 radical (unpaired) electrons. The number of amides is 2. The van der Waals surface area contributed by atoms with Crippen LogP contribution in [0.25, 0.3) is 11.1 Å². The van der Waals surface area contributed by atoms with Gasteiger partial charge >= 0.3 is 12.1 Å². The van der Waals surface area contributed by atoms with Crippen LogP contribution in [-0.2, 0) is 19.1 Å². The topological polar surface area (TPSA) is 114 Å². The summed E-state index contributed by atoms with van der Waals surface area (Å²) >= 11 is 0. The lowest BCUT2D eigenvalue weighted by Crippen LogP contribution is -2.34. The lowest BCUT2D eigenvalue weighted by atomic mass is 9.98. The van der Waals surface area contributed by atoms with Crippen LogP contribution in [0.5, 0.6) is 0 Å². The fraction of sp³-hybridized carbons (Fsp3) is 0.444. The van der Waals surface area contributed by atoms with Crippen molar-refractivity contribution >= 4 is 18.0 Å². The smallest absolute Gasteiger partial charge is 0.407 e. The van der Waals surface area contributed by atoms with E-state index in [9.17, 15) is 14.4 Å². The summed E-state index contributed by atoms with van der Waals surface area (Å²) in [6.45, 7) is 1.06. The fourth-order valence-electron chi connectivity index (χ4n) is 5.06. The van der Waals surface area contributed by atoms with Crippen molar-refractivity contribution in [3.05, 3.63) is 59.7 Å². The number of nitrogens with one attached hydrogen (secondary N) is 2. The standard InChI is InChI=1S/C27H32N2O6/c30-25(28-12-14-34-13-11-26(31)32)16-18-9-10-19(15-18)29-27(33)35-17-24-22-7-3-1-5-20(22)21-6-2-4-8-23(21)24/h1-8,18-19,24H,9-17H2,(H,28,30)(H,29,33)(H,31,32). The van der Waals surface area contributed by atoms with Gasteiger partial charge in [0.2, 0.25) is 5.91 Å². The SMILES string of the molecule is O=C(O)CCOCCNC(=O)CC1CCC(NC(=O)OCC2c3ccccc3-c3ccccc32)C1. The first-order valence-electron chi connectivity index (χ1n) is 12.2. The summed E-state index contributed by atoms with van der Waals surface area (Å²) in [7, 11) is 0. The van der Waals surface area contributed by atoms with Gasteiger partial charge in [-0.3, -0.25) is 9.59 Å². The number of alkyl carbamates (subject to hydrolysis) is 1. The van der Waals surface area contributed by atoms with Crippen LogP contribution in [0, 0.1) is 5.92 Å². The second-order valence-electron chi connectivity index (χ2n) is 9.16. The first-order valence-corrected chi connectivity index (χ1v) is 12.2. The maximum atomic E-state index is 12.5. The van der Waals surface area contributed by atoms with Gasteiger partial charge in [0.15, 0.2) is 0 Å². The van der Waals surface area contributed by atoms with Gasteiger partial charge < -0.3 is 25.2 Å². The molecule has 2 unspecified atom stereocenters. The van der Waals surface area contributed by atoms with Crippen LogP contribution in [0.2, 0.25) is 0 Å². The molecule has 2 aromatic carbocycles. The Morgan fingerprint density at radius 3 is 2.31 bits per heavy atom. The van der Waals surface area contributed by atoms with Gasteiger partial charge in [0, 0.05) is 24.9 Å². The third kappa shape index (κ3) is 6.60. The van der Waals surface area contributed by atoms with E-state index in [0.717, 1.165) is 19.3 Å². The molecule has 2 amide bonds. The van der Waals surface area contributed by atoms with Crippen LogP contribution in [0.4, 0.5) is 4.79 Å². The molecular formula is C27H32N2O6. The van der Waals surface area contributed by atoms with E-state index in [1.54, 1.807) is 0 Å². The number of carbonyl (C=O) groups excluding carboxylic acids is 2. The molecule has 0 saturated heterocycles. The molecule has 2 atom stereocenters. The Bertz CT molecular complexity index is 1010. The Morgan fingerprint density at radius 2 is 1.63 bits per heavy atom. The zero-order valence-electron chi connectivity index (χ0n) is 19.7. The number of aliphatic carboxylic acids is 1. The van der Waals surface area contributed by atoms with Crippen LogP contribution < -0.4 is 10.6 Å². The average molecular weight is 481 g/mol. The summed E-state index contributed by atoms with van der Waals surface area (Å²) < 4.78 is 10.8. The number of carboxylic acid groups (broad SMARTS) is 1. The molecule has 8 heteroatoms. The van der Waals surface area contributed by atoms with Gasteiger partial charge in [-0.15, -0.1) is 0 Å². The van der Waals surface area contributed by atoms with Crippen molar-refractivity contribution in [3.8, 4) is 11.1 Å². The van der Waals surface area contributed by atoms with E-state index >= 15 is 0 Å². The van der Waals surface area contributed by atoms with E-state index < -0.39 is 12.1 Å². The van der Waals surface area contributed by atoms with Crippen LogP contribution in [0.15, 0.2) is 48.5 Å². The average Bonchev–Trinajstić information content (AvgIpc) is 3.41. The van der Waals surface area contributed by atoms with Gasteiger partial charge in [-0.25, -0.2) is 4.79 Å². The second kappa shape index (κ2) is 11.8. The molecule has 0 heterocycles. The molecule has 0 bridgehead atoms. The first kappa shape index (κ1) is 24.7. The van der Waals surface area contributed by atoms with Crippen molar-refractivity contribution in [1.29, 1.82) is 0 Å². The third-order valence-corrected chi connectivity index (χ3v) is 6.71. The second-order valence-corrected chi connectivity index (χ2v) is 9.16. The molecule has 2 aliphatic rings. The van der Waals surface area contributed by atoms with E-state index in [4.69, 9.17) is 14.6 Å². The molecule has 0 spiro atoms. The lowest BCUT2D eigenvalue weighted by molar-refractivity contribution is -0.138. The van der Waals surface area contributed by atoms with Crippen molar-refractivity contribution in [2.75, 3.05) is 26.4 Å². The van der Waals surface area contributed by atoms with Gasteiger partial charge in [0.25, 0.3) is 0 Å². The minimum absolute atomic E-state index is 0.00260. The van der Waals surface area contributed by atoms with Crippen molar-refractivity contribution in [2.24, 2.45) is 5.92 Å². The first-order chi connectivity index (χ1) is 17.0. The Kier molecular flexibility index (Phi) is 8.36. The molecule has 1 saturated carbocycles. The highest BCUT2D eigenvalue weighted by Crippen LogP contribution is 2.44. The van der Waals surface area contributed by atoms with Gasteiger partial charge in [0.1, 0.15) is 6.61 Å². The maximum absolute atomic E-state index is 12.5. The fourth-order valence-corrected chi connectivity index (χ4v) is 5.06. The summed E-state index contributed by atoms with van der Waals surface area (Å²) in [6, 6.07) is 16.5. The van der Waals surface area contributed by atoms with E-state index in [0.29, 0.717) is 13.0 Å². The Hall–Kier alpha value is -3.39. The van der Waals surface area contributed by atoms with E-state index in [1.165, 1.54) is 22.3 Å². The minimum atomic E-state index is -0.906. The number of hydrogen-bond acceptors (Lipinski definition) is 5. The minimum Gasteiger partial charge on any atom is -0.481 e. The van der Waals surface area contributed by atoms with Crippen LogP contribution in [-0.4, -0.2) is 55.5 Å². The predicted octanol–water partition coefficient (Wildman–Crippen LogP) is 3.69. The number of fused-ring (bicyclic) bond motifs is 3. The number of ether oxygens (including phenoxy) is 2. The highest BCUT2D eigenvalue weighted by atomic mass is 16.5. The van der Waals surface area contributed by atoms with E-state index in [2.05, 4.69) is 34.9 Å². The summed E-state index contributed by atoms with van der Waals surface area (Å²) in [5, 5.41) is 14.3. The number of hydrogen-bond donors (Lipinski definition) is 3. The molecule has 186 valence electrons. The lowest BCUT2D eigenvalue weighted by Gasteiger charge is -2.17. The number of rotatable bonds is 11. The number of carbonyl (C=O) groups is 3. The van der Waals surface area contributed by atoms with E-state index in [1.807, 2.05) is 24.3 Å². The maximum Gasteiger partial charge on any atom is 0.407 e. The molecule has 35 heavy (non-hydrogen) atoms. The van der Waals surface area contributed by atoms with E-state index in [-0.39, 0.29) is 50.0 Å². The molecule has 2 aliphatic carbocycles. The van der Waals surface area contributed by atoms with Gasteiger partial charge in [0.05, 0.1) is 19.6 Å². The third-order valence-electron chi connectivity index (χ3n) is 6.71. The van der Waals surface area contributed by atoms with Crippen LogP contribution in [0.1, 0.15) is 49.1 Å². The van der Waals surface area contributed by atoms with Crippen molar-refractivity contribution in [1.82, 2.24) is 10.6 Å². The molecule has 8 nitrogen and oxygen atoms in total. The zero-order valence-corrected chi connectivity index (χ0v) is 19.7. The molecule has 3 N–H and O–H groups in total. The van der Waals surface area contributed by atoms with Crippen molar-refractivity contribution in [2.45, 2.75) is 44.1 Å². The van der Waals surface area contributed by atoms with Crippen LogP contribution in [0.3, 0.4) is 0 Å². The van der Waals surface area contributed by atoms with Crippen LogP contribution >= 0.6 is 0 Å². The predicted molar refractivity (Wildman–Crippen MR) is 130 cm³/mol. The molecule has 4 rings (SSSR count). The van der Waals surface area contributed by atoms with Gasteiger partial charge in [-0.2, -0.15) is 0 Å². The van der Waals surface area contributed by atoms with Crippen molar-refractivity contribution in [3.63, 3.8) is 0 Å². The largest absolute Gasteiger partial charge is 0.481 e. The quantitative estimate of drug-likeness (QED) is 0.423. The van der Waals surface area contributed by atoms with Gasteiger partial charge in [-0.1, -0.05) is 48.5 Å². The summed E-state index contributed by atoms with van der Waals surface area (Å²) in [4.78, 5) is 35.1. The molecule has 0 aromatic heterocycles. The Balaban J connectivity index is 1.16. The zero-order chi connectivity index (χ0) is 24.6. The summed E-state index contributed by atoms with van der Waals surface area (Å²) in [5.41, 5.74) is 4.75. The number of benzene rings is 2. The summed E-state index contributed by atoms with van der Waals surface area (Å²) in [6.07, 6.45) is 2.37. The Labute approximate surface area is 205 Å². The highest BCUT2D eigenvalue weighted by molar-refractivity contribution is 5.79. The molecule has 1 fully saturated rings. The van der Waals surface area contributed by atoms with Crippen molar-refractivity contribution < 1.29 is 29.0 Å². The monoisotopic (exact) mass is 480 g/mol. The van der Waals surface area contributed by atoms with Gasteiger partial charge in [-0.05, 0) is 47.4 Å². The number of carboxylic acids is 1. The molecule has 0 aliphatic heterocycles. The highest BCUT2D eigenvalue weighted by Gasteiger charge is 2.31. The normalized spacial score (nSPS) is 18.5.